The average Bonchev–Trinajstić information content (AvgIpc) is 2.35. The van der Waals surface area contributed by atoms with Crippen molar-refractivity contribution in [3.05, 3.63) is 12.7 Å². The summed E-state index contributed by atoms with van der Waals surface area (Å²) in [6, 6.07) is 0.806. The number of nitrogens with one attached hydrogen (secondary N) is 1. The molecule has 2 heteroatoms. The van der Waals surface area contributed by atoms with E-state index in [2.05, 4.69) is 11.9 Å². The van der Waals surface area contributed by atoms with Crippen molar-refractivity contribution in [1.82, 2.24) is 5.32 Å². The molecular weight excluding hydrogens is 222 g/mol. The zero-order chi connectivity index (χ0) is 12.4. The average molecular weight is 249 g/mol. The van der Waals surface area contributed by atoms with Gasteiger partial charge < -0.3 is 10.1 Å². The quantitative estimate of drug-likeness (QED) is 0.553. The van der Waals surface area contributed by atoms with Crippen molar-refractivity contribution in [3.63, 3.8) is 0 Å². The van der Waals surface area contributed by atoms with Gasteiger partial charge in [0.15, 0.2) is 0 Å². The smallest absolute Gasteiger partial charge is 0.0591 e. The normalized spacial score (nSPS) is 41.2. The molecule has 18 heavy (non-hydrogen) atoms. The zero-order valence-corrected chi connectivity index (χ0v) is 11.4. The maximum Gasteiger partial charge on any atom is 0.0591 e. The van der Waals surface area contributed by atoms with Crippen LogP contribution >= 0.6 is 0 Å². The summed E-state index contributed by atoms with van der Waals surface area (Å²) in [7, 11) is 0. The van der Waals surface area contributed by atoms with Crippen LogP contribution in [0.1, 0.15) is 38.5 Å². The van der Waals surface area contributed by atoms with E-state index in [1.54, 1.807) is 6.42 Å². The molecule has 4 bridgehead atoms. The maximum atomic E-state index is 5.58. The summed E-state index contributed by atoms with van der Waals surface area (Å²) in [4.78, 5) is 0. The fourth-order valence-corrected chi connectivity index (χ4v) is 4.82. The van der Waals surface area contributed by atoms with Crippen LogP contribution in [0.2, 0.25) is 0 Å². The van der Waals surface area contributed by atoms with Crippen LogP contribution in [0.5, 0.6) is 0 Å². The van der Waals surface area contributed by atoms with E-state index in [9.17, 15) is 0 Å². The van der Waals surface area contributed by atoms with Gasteiger partial charge >= 0.3 is 0 Å². The lowest BCUT2D eigenvalue weighted by atomic mass is 9.54. The Morgan fingerprint density at radius 1 is 1.00 bits per heavy atom. The minimum absolute atomic E-state index is 0.806. The van der Waals surface area contributed by atoms with E-state index in [0.29, 0.717) is 0 Å². The summed E-state index contributed by atoms with van der Waals surface area (Å²) in [5.74, 6) is 4.12. The first-order valence-corrected chi connectivity index (χ1v) is 7.79. The van der Waals surface area contributed by atoms with E-state index in [0.717, 1.165) is 55.9 Å². The topological polar surface area (TPSA) is 21.3 Å². The molecule has 102 valence electrons. The molecule has 1 N–H and O–H groups in total. The summed E-state index contributed by atoms with van der Waals surface area (Å²) in [6.45, 7) is 6.42. The lowest BCUT2D eigenvalue weighted by Gasteiger charge is -2.54. The van der Waals surface area contributed by atoms with Crippen LogP contribution in [0.4, 0.5) is 0 Å². The van der Waals surface area contributed by atoms with Gasteiger partial charge in [-0.1, -0.05) is 6.08 Å². The third-order valence-corrected chi connectivity index (χ3v) is 5.32. The molecule has 4 saturated carbocycles. The Labute approximate surface area is 111 Å². The second-order valence-electron chi connectivity index (χ2n) is 6.60. The molecule has 0 aromatic heterocycles. The molecule has 4 aliphatic carbocycles. The molecule has 0 spiro atoms. The Kier molecular flexibility index (Phi) is 4.05. The van der Waals surface area contributed by atoms with Gasteiger partial charge in [-0.2, -0.15) is 0 Å². The monoisotopic (exact) mass is 249 g/mol. The Morgan fingerprint density at radius 2 is 1.67 bits per heavy atom. The maximum absolute atomic E-state index is 5.58. The fraction of sp³-hybridized carbons (Fsp3) is 0.875. The van der Waals surface area contributed by atoms with Crippen LogP contribution in [0.15, 0.2) is 12.7 Å². The van der Waals surface area contributed by atoms with Gasteiger partial charge in [0.1, 0.15) is 0 Å². The highest BCUT2D eigenvalue weighted by Gasteiger charge is 2.47. The third kappa shape index (κ3) is 2.65. The van der Waals surface area contributed by atoms with Crippen molar-refractivity contribution >= 4 is 0 Å². The van der Waals surface area contributed by atoms with Crippen LogP contribution in [0.25, 0.3) is 0 Å². The van der Waals surface area contributed by atoms with E-state index in [1.807, 2.05) is 6.08 Å². The summed E-state index contributed by atoms with van der Waals surface area (Å²) in [6.07, 6.45) is 10.4. The molecule has 4 fully saturated rings. The summed E-state index contributed by atoms with van der Waals surface area (Å²) in [5, 5.41) is 3.79. The first-order valence-electron chi connectivity index (χ1n) is 7.79. The van der Waals surface area contributed by atoms with Gasteiger partial charge in [0, 0.05) is 12.6 Å². The molecule has 0 amide bonds. The minimum Gasteiger partial charge on any atom is -0.380 e. The van der Waals surface area contributed by atoms with Gasteiger partial charge in [-0.15, -0.1) is 6.58 Å². The Bertz CT molecular complexity index is 261. The highest BCUT2D eigenvalue weighted by Crippen LogP contribution is 2.53. The van der Waals surface area contributed by atoms with Crippen molar-refractivity contribution in [2.75, 3.05) is 19.8 Å². The fourth-order valence-electron chi connectivity index (χ4n) is 4.82. The number of ether oxygens (including phenoxy) is 1. The predicted octanol–water partition coefficient (Wildman–Crippen LogP) is 2.99. The van der Waals surface area contributed by atoms with Gasteiger partial charge in [0.05, 0.1) is 13.2 Å². The second-order valence-corrected chi connectivity index (χ2v) is 6.60. The lowest BCUT2D eigenvalue weighted by Crippen LogP contribution is -2.55. The van der Waals surface area contributed by atoms with Crippen LogP contribution in [-0.4, -0.2) is 25.8 Å². The molecule has 0 aromatic carbocycles. The molecule has 0 saturated heterocycles. The lowest BCUT2D eigenvalue weighted by molar-refractivity contribution is -0.0159. The van der Waals surface area contributed by atoms with Crippen molar-refractivity contribution in [1.29, 1.82) is 0 Å². The standard InChI is InChI=1S/C16H27NO/c1-2-3-5-18-6-4-17-16-14-8-12-7-13(10-14)11-15(16)9-12/h2,12-17H,1,3-11H2. The van der Waals surface area contributed by atoms with Crippen LogP contribution in [0.3, 0.4) is 0 Å². The van der Waals surface area contributed by atoms with E-state index >= 15 is 0 Å². The van der Waals surface area contributed by atoms with E-state index in [1.165, 1.54) is 25.7 Å². The molecule has 0 heterocycles. The van der Waals surface area contributed by atoms with Crippen molar-refractivity contribution < 1.29 is 4.74 Å². The Balaban J connectivity index is 1.39. The highest BCUT2D eigenvalue weighted by molar-refractivity contribution is 5.01. The van der Waals surface area contributed by atoms with Crippen molar-refractivity contribution in [2.24, 2.45) is 23.7 Å². The molecule has 0 atom stereocenters. The van der Waals surface area contributed by atoms with Gasteiger partial charge in [0.25, 0.3) is 0 Å². The first kappa shape index (κ1) is 12.7. The number of hydrogen-bond donors (Lipinski definition) is 1. The number of rotatable bonds is 7. The number of hydrogen-bond acceptors (Lipinski definition) is 2. The molecule has 2 nitrogen and oxygen atoms in total. The van der Waals surface area contributed by atoms with Gasteiger partial charge in [-0.3, -0.25) is 0 Å². The van der Waals surface area contributed by atoms with Crippen LogP contribution in [0, 0.1) is 23.7 Å². The van der Waals surface area contributed by atoms with Gasteiger partial charge in [0.2, 0.25) is 0 Å². The summed E-state index contributed by atoms with van der Waals surface area (Å²) in [5.41, 5.74) is 0. The van der Waals surface area contributed by atoms with Crippen molar-refractivity contribution in [3.8, 4) is 0 Å². The third-order valence-electron chi connectivity index (χ3n) is 5.32. The molecular formula is C16H27NO. The SMILES string of the molecule is C=CCCOCCNC1C2CC3CC(C2)CC1C3. The predicted molar refractivity (Wildman–Crippen MR) is 74.5 cm³/mol. The molecule has 4 rings (SSSR count). The summed E-state index contributed by atoms with van der Waals surface area (Å²) >= 11 is 0. The molecule has 0 unspecified atom stereocenters. The summed E-state index contributed by atoms with van der Waals surface area (Å²) < 4.78 is 5.58. The van der Waals surface area contributed by atoms with E-state index in [-0.39, 0.29) is 0 Å². The zero-order valence-electron chi connectivity index (χ0n) is 11.4. The highest BCUT2D eigenvalue weighted by atomic mass is 16.5. The largest absolute Gasteiger partial charge is 0.380 e. The van der Waals surface area contributed by atoms with Crippen molar-refractivity contribution in [2.45, 2.75) is 44.6 Å². The second kappa shape index (κ2) is 5.75. The van der Waals surface area contributed by atoms with Crippen LogP contribution in [-0.2, 0) is 4.74 Å². The molecule has 0 radical (unpaired) electrons. The van der Waals surface area contributed by atoms with E-state index in [4.69, 9.17) is 4.74 Å². The first-order chi connectivity index (χ1) is 8.86. The van der Waals surface area contributed by atoms with Gasteiger partial charge in [-0.25, -0.2) is 0 Å². The van der Waals surface area contributed by atoms with Crippen LogP contribution < -0.4 is 5.32 Å². The molecule has 0 aromatic rings. The Morgan fingerprint density at radius 3 is 2.28 bits per heavy atom. The minimum atomic E-state index is 0.806. The Hall–Kier alpha value is -0.340. The molecule has 0 aliphatic heterocycles. The van der Waals surface area contributed by atoms with E-state index < -0.39 is 0 Å². The van der Waals surface area contributed by atoms with Gasteiger partial charge in [-0.05, 0) is 62.2 Å². The molecule has 4 aliphatic rings.